The minimum absolute atomic E-state index is 0.0211. The van der Waals surface area contributed by atoms with E-state index in [0.717, 1.165) is 17.1 Å². The monoisotopic (exact) mass is 298 g/mol. The van der Waals surface area contributed by atoms with Gasteiger partial charge in [-0.15, -0.1) is 0 Å². The summed E-state index contributed by atoms with van der Waals surface area (Å²) in [6.07, 6.45) is -2.84. The Morgan fingerprint density at radius 3 is 2.52 bits per heavy atom. The van der Waals surface area contributed by atoms with Crippen molar-refractivity contribution in [3.05, 3.63) is 53.9 Å². The normalized spacial score (nSPS) is 13.0. The number of hydrogen-bond donors (Lipinski definition) is 0. The molecule has 1 atom stereocenters. The van der Waals surface area contributed by atoms with Crippen molar-refractivity contribution >= 4 is 5.97 Å². The third kappa shape index (κ3) is 3.62. The molecule has 21 heavy (non-hydrogen) atoms. The van der Waals surface area contributed by atoms with Gasteiger partial charge < -0.3 is 4.74 Å². The molecule has 2 aromatic rings. The van der Waals surface area contributed by atoms with Crippen molar-refractivity contribution in [1.29, 1.82) is 0 Å². The van der Waals surface area contributed by atoms with E-state index in [0.29, 0.717) is 5.56 Å². The molecule has 0 aliphatic carbocycles. The first-order valence-corrected chi connectivity index (χ1v) is 6.14. The standard InChI is InChI=1S/C14H13F3N2O2/c1-21-13(20)12(10-5-3-2-4-6-10)9-19-8-11(7-18-19)14(15,16)17/h2-8,12H,9H2,1H3. The summed E-state index contributed by atoms with van der Waals surface area (Å²) in [5, 5.41) is 3.65. The summed E-state index contributed by atoms with van der Waals surface area (Å²) in [4.78, 5) is 11.8. The molecule has 0 spiro atoms. The van der Waals surface area contributed by atoms with Gasteiger partial charge in [-0.2, -0.15) is 18.3 Å². The third-order valence-electron chi connectivity index (χ3n) is 3.02. The number of nitrogens with zero attached hydrogens (tertiary/aromatic N) is 2. The van der Waals surface area contributed by atoms with Crippen molar-refractivity contribution in [2.75, 3.05) is 7.11 Å². The minimum Gasteiger partial charge on any atom is -0.468 e. The first-order valence-electron chi connectivity index (χ1n) is 6.14. The molecular formula is C14H13F3N2O2. The zero-order valence-electron chi connectivity index (χ0n) is 11.2. The SMILES string of the molecule is COC(=O)C(Cn1cc(C(F)(F)F)cn1)c1ccccc1. The molecule has 0 radical (unpaired) electrons. The molecular weight excluding hydrogens is 285 g/mol. The number of carbonyl (C=O) groups is 1. The molecule has 0 aliphatic rings. The number of ether oxygens (including phenoxy) is 1. The zero-order valence-corrected chi connectivity index (χ0v) is 11.2. The van der Waals surface area contributed by atoms with E-state index < -0.39 is 23.6 Å². The van der Waals surface area contributed by atoms with Crippen molar-refractivity contribution in [1.82, 2.24) is 9.78 Å². The summed E-state index contributed by atoms with van der Waals surface area (Å²) in [6.45, 7) is -0.0211. The molecule has 0 N–H and O–H groups in total. The topological polar surface area (TPSA) is 44.1 Å². The van der Waals surface area contributed by atoms with E-state index in [-0.39, 0.29) is 6.54 Å². The van der Waals surface area contributed by atoms with E-state index in [9.17, 15) is 18.0 Å². The van der Waals surface area contributed by atoms with Gasteiger partial charge in [0.15, 0.2) is 0 Å². The van der Waals surface area contributed by atoms with Crippen molar-refractivity contribution in [3.8, 4) is 0 Å². The molecule has 112 valence electrons. The Bertz CT molecular complexity index is 608. The van der Waals surface area contributed by atoms with Crippen LogP contribution in [-0.2, 0) is 22.3 Å². The number of methoxy groups -OCH3 is 1. The first kappa shape index (κ1) is 15.1. The van der Waals surface area contributed by atoms with E-state index >= 15 is 0 Å². The molecule has 1 heterocycles. The number of aromatic nitrogens is 2. The van der Waals surface area contributed by atoms with E-state index in [2.05, 4.69) is 5.10 Å². The lowest BCUT2D eigenvalue weighted by Gasteiger charge is -2.15. The van der Waals surface area contributed by atoms with E-state index in [4.69, 9.17) is 4.74 Å². The maximum Gasteiger partial charge on any atom is 0.419 e. The fourth-order valence-electron chi connectivity index (χ4n) is 1.94. The maximum atomic E-state index is 12.5. The van der Waals surface area contributed by atoms with Gasteiger partial charge in [-0.05, 0) is 5.56 Å². The fraction of sp³-hybridized carbons (Fsp3) is 0.286. The molecule has 1 unspecified atom stereocenters. The number of hydrogen-bond acceptors (Lipinski definition) is 3. The van der Waals surface area contributed by atoms with Crippen LogP contribution >= 0.6 is 0 Å². The molecule has 0 bridgehead atoms. The number of benzene rings is 1. The predicted octanol–water partition coefficient (Wildman–Crippen LogP) is 2.86. The van der Waals surface area contributed by atoms with Crippen LogP contribution in [-0.4, -0.2) is 22.9 Å². The van der Waals surface area contributed by atoms with Gasteiger partial charge >= 0.3 is 12.1 Å². The van der Waals surface area contributed by atoms with Gasteiger partial charge in [0.05, 0.1) is 25.4 Å². The predicted molar refractivity (Wildman–Crippen MR) is 68.4 cm³/mol. The molecule has 7 heteroatoms. The summed E-state index contributed by atoms with van der Waals surface area (Å²) < 4.78 is 43.4. The molecule has 0 amide bonds. The highest BCUT2D eigenvalue weighted by Gasteiger charge is 2.32. The van der Waals surface area contributed by atoms with Crippen molar-refractivity contribution < 1.29 is 22.7 Å². The average molecular weight is 298 g/mol. The summed E-state index contributed by atoms with van der Waals surface area (Å²) in [5.41, 5.74) is -0.187. The van der Waals surface area contributed by atoms with E-state index in [1.165, 1.54) is 7.11 Å². The summed E-state index contributed by atoms with van der Waals surface area (Å²) in [7, 11) is 1.24. The van der Waals surface area contributed by atoms with Gasteiger partial charge in [0, 0.05) is 6.20 Å². The number of esters is 1. The van der Waals surface area contributed by atoms with E-state index in [1.807, 2.05) is 0 Å². The van der Waals surface area contributed by atoms with Crippen LogP contribution < -0.4 is 0 Å². The molecule has 4 nitrogen and oxygen atoms in total. The van der Waals surface area contributed by atoms with Gasteiger partial charge in [-0.3, -0.25) is 9.48 Å². The number of alkyl halides is 3. The molecule has 2 rings (SSSR count). The van der Waals surface area contributed by atoms with Crippen LogP contribution in [0.25, 0.3) is 0 Å². The van der Waals surface area contributed by atoms with Gasteiger partial charge in [-0.1, -0.05) is 30.3 Å². The number of carbonyl (C=O) groups excluding carboxylic acids is 1. The summed E-state index contributed by atoms with van der Waals surface area (Å²) in [5.74, 6) is -1.23. The second-order valence-electron chi connectivity index (χ2n) is 4.44. The Morgan fingerprint density at radius 2 is 2.00 bits per heavy atom. The highest BCUT2D eigenvalue weighted by atomic mass is 19.4. The second-order valence-corrected chi connectivity index (χ2v) is 4.44. The molecule has 1 aromatic heterocycles. The van der Waals surface area contributed by atoms with Gasteiger partial charge in [0.1, 0.15) is 5.92 Å². The Kier molecular flexibility index (Phi) is 4.30. The lowest BCUT2D eigenvalue weighted by molar-refractivity contribution is -0.142. The zero-order chi connectivity index (χ0) is 15.5. The number of halogens is 3. The Morgan fingerprint density at radius 1 is 1.33 bits per heavy atom. The van der Waals surface area contributed by atoms with Gasteiger partial charge in [0.2, 0.25) is 0 Å². The Hall–Kier alpha value is -2.31. The Balaban J connectivity index is 2.24. The van der Waals surface area contributed by atoms with Crippen LogP contribution in [0, 0.1) is 0 Å². The molecule has 0 aliphatic heterocycles. The van der Waals surface area contributed by atoms with Crippen LogP contribution in [0.15, 0.2) is 42.7 Å². The third-order valence-corrected chi connectivity index (χ3v) is 3.02. The smallest absolute Gasteiger partial charge is 0.419 e. The maximum absolute atomic E-state index is 12.5. The average Bonchev–Trinajstić information content (AvgIpc) is 2.93. The van der Waals surface area contributed by atoms with Crippen molar-refractivity contribution in [2.24, 2.45) is 0 Å². The number of rotatable bonds is 4. The van der Waals surface area contributed by atoms with Crippen molar-refractivity contribution in [2.45, 2.75) is 18.6 Å². The summed E-state index contributed by atoms with van der Waals surface area (Å²) in [6, 6.07) is 8.71. The highest BCUT2D eigenvalue weighted by Crippen LogP contribution is 2.29. The van der Waals surface area contributed by atoms with Crippen LogP contribution in [0.1, 0.15) is 17.0 Å². The lowest BCUT2D eigenvalue weighted by atomic mass is 9.99. The molecule has 0 fully saturated rings. The largest absolute Gasteiger partial charge is 0.468 e. The molecule has 0 saturated heterocycles. The van der Waals surface area contributed by atoms with Crippen LogP contribution in [0.4, 0.5) is 13.2 Å². The first-order chi connectivity index (χ1) is 9.91. The van der Waals surface area contributed by atoms with Crippen LogP contribution in [0.3, 0.4) is 0 Å². The fourth-order valence-corrected chi connectivity index (χ4v) is 1.94. The quantitative estimate of drug-likeness (QED) is 0.815. The molecule has 1 aromatic carbocycles. The highest BCUT2D eigenvalue weighted by molar-refractivity contribution is 5.77. The minimum atomic E-state index is -4.45. The van der Waals surface area contributed by atoms with E-state index in [1.54, 1.807) is 30.3 Å². The van der Waals surface area contributed by atoms with Crippen LogP contribution in [0.5, 0.6) is 0 Å². The van der Waals surface area contributed by atoms with Crippen molar-refractivity contribution in [3.63, 3.8) is 0 Å². The molecule has 0 saturated carbocycles. The summed E-state index contributed by atoms with van der Waals surface area (Å²) >= 11 is 0. The lowest BCUT2D eigenvalue weighted by Crippen LogP contribution is -2.20. The second kappa shape index (κ2) is 5.99. The van der Waals surface area contributed by atoms with Crippen LogP contribution in [0.2, 0.25) is 0 Å². The van der Waals surface area contributed by atoms with Gasteiger partial charge in [0.25, 0.3) is 0 Å². The Labute approximate surface area is 119 Å². The van der Waals surface area contributed by atoms with Gasteiger partial charge in [-0.25, -0.2) is 0 Å².